The number of urea groups is 1. The summed E-state index contributed by atoms with van der Waals surface area (Å²) in [5.41, 5.74) is 0.0461. The normalized spacial score (nSPS) is 23.7. The van der Waals surface area contributed by atoms with Crippen molar-refractivity contribution in [3.05, 3.63) is 23.8 Å². The molecule has 0 bridgehead atoms. The van der Waals surface area contributed by atoms with Crippen molar-refractivity contribution in [1.82, 2.24) is 14.7 Å². The molecule has 0 unspecified atom stereocenters. The maximum atomic E-state index is 13.1. The molecule has 2 aliphatic rings. The summed E-state index contributed by atoms with van der Waals surface area (Å²) in [4.78, 5) is 29.8. The Labute approximate surface area is 158 Å². The number of benzene rings is 1. The molecule has 2 heterocycles. The maximum Gasteiger partial charge on any atom is 0.319 e. The SMILES string of the molecule is COc1cccc(C(=O)N2CCN(C(=O)N(C)C)[C@H]3CS(=O)(=O)C[C@H]32)c1O. The molecule has 1 aromatic rings. The van der Waals surface area contributed by atoms with E-state index < -0.39 is 27.8 Å². The molecule has 9 nitrogen and oxygen atoms in total. The number of hydrogen-bond acceptors (Lipinski definition) is 6. The van der Waals surface area contributed by atoms with Crippen LogP contribution in [0.1, 0.15) is 10.4 Å². The molecule has 0 spiro atoms. The molecule has 3 rings (SSSR count). The Morgan fingerprint density at radius 3 is 2.33 bits per heavy atom. The summed E-state index contributed by atoms with van der Waals surface area (Å²) in [5, 5.41) is 10.3. The second kappa shape index (κ2) is 6.91. The fourth-order valence-electron chi connectivity index (χ4n) is 3.71. The van der Waals surface area contributed by atoms with Crippen LogP contribution in [0.2, 0.25) is 0 Å². The molecule has 0 aromatic heterocycles. The van der Waals surface area contributed by atoms with E-state index in [-0.39, 0.29) is 47.7 Å². The molecule has 2 aliphatic heterocycles. The Kier molecular flexibility index (Phi) is 4.94. The number of hydrogen-bond donors (Lipinski definition) is 1. The molecular weight excluding hydrogens is 374 g/mol. The average Bonchev–Trinajstić information content (AvgIpc) is 2.94. The van der Waals surface area contributed by atoms with Crippen LogP contribution in [0.4, 0.5) is 4.79 Å². The summed E-state index contributed by atoms with van der Waals surface area (Å²) >= 11 is 0. The number of ether oxygens (including phenoxy) is 1. The van der Waals surface area contributed by atoms with E-state index in [2.05, 4.69) is 0 Å². The van der Waals surface area contributed by atoms with Gasteiger partial charge in [-0.05, 0) is 12.1 Å². The number of carbonyl (C=O) groups is 2. The highest BCUT2D eigenvalue weighted by Crippen LogP contribution is 2.33. The van der Waals surface area contributed by atoms with Crippen molar-refractivity contribution in [2.75, 3.05) is 45.8 Å². The number of fused-ring (bicyclic) bond motifs is 1. The monoisotopic (exact) mass is 397 g/mol. The summed E-state index contributed by atoms with van der Waals surface area (Å²) in [6.07, 6.45) is 0. The first-order chi connectivity index (χ1) is 12.7. The van der Waals surface area contributed by atoms with Crippen LogP contribution < -0.4 is 4.74 Å². The Bertz CT molecular complexity index is 869. The molecule has 2 fully saturated rings. The lowest BCUT2D eigenvalue weighted by molar-refractivity contribution is 0.0390. The third-order valence-electron chi connectivity index (χ3n) is 5.01. The Balaban J connectivity index is 1.94. The van der Waals surface area contributed by atoms with Crippen LogP contribution in [0.25, 0.3) is 0 Å². The van der Waals surface area contributed by atoms with Gasteiger partial charge in [-0.2, -0.15) is 0 Å². The van der Waals surface area contributed by atoms with Gasteiger partial charge in [0.1, 0.15) is 0 Å². The quantitative estimate of drug-likeness (QED) is 0.753. The molecule has 10 heteroatoms. The number of carbonyl (C=O) groups excluding carboxylic acids is 2. The fraction of sp³-hybridized carbons (Fsp3) is 0.529. The van der Waals surface area contributed by atoms with Gasteiger partial charge in [-0.25, -0.2) is 13.2 Å². The van der Waals surface area contributed by atoms with Gasteiger partial charge < -0.3 is 24.5 Å². The number of aromatic hydroxyl groups is 1. The van der Waals surface area contributed by atoms with Gasteiger partial charge in [0.15, 0.2) is 21.3 Å². The summed E-state index contributed by atoms with van der Waals surface area (Å²) < 4.78 is 29.5. The highest BCUT2D eigenvalue weighted by molar-refractivity contribution is 7.91. The molecule has 1 aromatic carbocycles. The summed E-state index contributed by atoms with van der Waals surface area (Å²) in [6, 6.07) is 3.05. The maximum absolute atomic E-state index is 13.1. The number of amides is 3. The van der Waals surface area contributed by atoms with Crippen molar-refractivity contribution in [2.24, 2.45) is 0 Å². The van der Waals surface area contributed by atoms with Crippen molar-refractivity contribution >= 4 is 21.8 Å². The van der Waals surface area contributed by atoms with E-state index in [9.17, 15) is 23.1 Å². The number of nitrogens with zero attached hydrogens (tertiary/aromatic N) is 3. The first-order valence-corrected chi connectivity index (χ1v) is 10.3. The zero-order valence-electron chi connectivity index (χ0n) is 15.5. The number of phenols is 1. The van der Waals surface area contributed by atoms with E-state index in [4.69, 9.17) is 4.74 Å². The standard InChI is InChI=1S/C17H23N3O6S/c1-18(2)17(23)20-8-7-19(12-9-27(24,25)10-13(12)20)16(22)11-5-4-6-14(26-3)15(11)21/h4-6,12-13,21H,7-10H2,1-3H3/t12-,13+/m1/s1. The van der Waals surface area contributed by atoms with Gasteiger partial charge in [0.05, 0.1) is 36.3 Å². The van der Waals surface area contributed by atoms with Gasteiger partial charge in [-0.15, -0.1) is 0 Å². The Hall–Kier alpha value is -2.49. The smallest absolute Gasteiger partial charge is 0.319 e. The van der Waals surface area contributed by atoms with E-state index >= 15 is 0 Å². The van der Waals surface area contributed by atoms with Crippen LogP contribution in [0.5, 0.6) is 11.5 Å². The highest BCUT2D eigenvalue weighted by Gasteiger charge is 2.50. The molecule has 2 saturated heterocycles. The second-order valence-corrected chi connectivity index (χ2v) is 9.09. The number of para-hydroxylation sites is 1. The van der Waals surface area contributed by atoms with Crippen LogP contribution in [0.3, 0.4) is 0 Å². The molecule has 1 N–H and O–H groups in total. The number of phenolic OH excluding ortho intramolecular Hbond substituents is 1. The van der Waals surface area contributed by atoms with Crippen molar-refractivity contribution in [3.63, 3.8) is 0 Å². The number of methoxy groups -OCH3 is 1. The van der Waals surface area contributed by atoms with Crippen LogP contribution >= 0.6 is 0 Å². The third kappa shape index (κ3) is 3.41. The summed E-state index contributed by atoms with van der Waals surface area (Å²) in [6.45, 7) is 0.413. The van der Waals surface area contributed by atoms with Crippen molar-refractivity contribution in [1.29, 1.82) is 0 Å². The van der Waals surface area contributed by atoms with Gasteiger partial charge in [-0.3, -0.25) is 4.79 Å². The van der Waals surface area contributed by atoms with Crippen LogP contribution in [0, 0.1) is 0 Å². The predicted molar refractivity (Wildman–Crippen MR) is 97.7 cm³/mol. The van der Waals surface area contributed by atoms with Crippen molar-refractivity contribution in [3.8, 4) is 11.5 Å². The molecule has 27 heavy (non-hydrogen) atoms. The summed E-state index contributed by atoms with van der Waals surface area (Å²) in [5.74, 6) is -0.973. The van der Waals surface area contributed by atoms with Crippen molar-refractivity contribution in [2.45, 2.75) is 12.1 Å². The van der Waals surface area contributed by atoms with E-state index in [0.29, 0.717) is 0 Å². The first-order valence-electron chi connectivity index (χ1n) is 8.51. The zero-order chi connectivity index (χ0) is 19.9. The Morgan fingerprint density at radius 2 is 1.74 bits per heavy atom. The molecule has 0 saturated carbocycles. The van der Waals surface area contributed by atoms with Gasteiger partial charge in [-0.1, -0.05) is 6.07 Å². The van der Waals surface area contributed by atoms with E-state index in [1.54, 1.807) is 20.2 Å². The van der Waals surface area contributed by atoms with Gasteiger partial charge >= 0.3 is 6.03 Å². The van der Waals surface area contributed by atoms with E-state index in [0.717, 1.165) is 0 Å². The average molecular weight is 397 g/mol. The summed E-state index contributed by atoms with van der Waals surface area (Å²) in [7, 11) is 1.20. The largest absolute Gasteiger partial charge is 0.504 e. The Morgan fingerprint density at radius 1 is 1.15 bits per heavy atom. The minimum absolute atomic E-state index is 0.0461. The van der Waals surface area contributed by atoms with Crippen LogP contribution in [0.15, 0.2) is 18.2 Å². The first kappa shape index (κ1) is 19.3. The van der Waals surface area contributed by atoms with E-state index in [1.807, 2.05) is 0 Å². The number of piperazine rings is 1. The van der Waals surface area contributed by atoms with Crippen LogP contribution in [-0.4, -0.2) is 98.0 Å². The predicted octanol–water partition coefficient (Wildman–Crippen LogP) is 0.00580. The van der Waals surface area contributed by atoms with Crippen LogP contribution in [-0.2, 0) is 9.84 Å². The lowest BCUT2D eigenvalue weighted by Gasteiger charge is -2.44. The third-order valence-corrected chi connectivity index (χ3v) is 6.71. The zero-order valence-corrected chi connectivity index (χ0v) is 16.3. The number of sulfone groups is 1. The second-order valence-electron chi connectivity index (χ2n) is 6.94. The van der Waals surface area contributed by atoms with Gasteiger partial charge in [0.25, 0.3) is 5.91 Å². The van der Waals surface area contributed by atoms with Gasteiger partial charge in [0, 0.05) is 27.2 Å². The minimum Gasteiger partial charge on any atom is -0.504 e. The molecule has 3 amide bonds. The fourth-order valence-corrected chi connectivity index (χ4v) is 5.69. The minimum atomic E-state index is -3.39. The topological polar surface area (TPSA) is 107 Å². The lowest BCUT2D eigenvalue weighted by atomic mass is 10.0. The molecular formula is C17H23N3O6S. The molecule has 0 radical (unpaired) electrons. The molecule has 2 atom stereocenters. The van der Waals surface area contributed by atoms with E-state index in [1.165, 1.54) is 33.9 Å². The van der Waals surface area contributed by atoms with Crippen molar-refractivity contribution < 1.29 is 27.9 Å². The van der Waals surface area contributed by atoms with Gasteiger partial charge in [0.2, 0.25) is 0 Å². The molecule has 0 aliphatic carbocycles. The molecule has 148 valence electrons. The highest BCUT2D eigenvalue weighted by atomic mass is 32.2. The number of rotatable bonds is 2. The lowest BCUT2D eigenvalue weighted by Crippen LogP contribution is -2.63.